The van der Waals surface area contributed by atoms with E-state index in [0.717, 1.165) is 12.8 Å². The molecule has 0 bridgehead atoms. The summed E-state index contributed by atoms with van der Waals surface area (Å²) in [5.74, 6) is -0.419. The topological polar surface area (TPSA) is 29.5 Å². The van der Waals surface area contributed by atoms with Crippen LogP contribution in [0.4, 0.5) is 4.39 Å². The molecule has 0 aliphatic carbocycles. The first-order valence-electron chi connectivity index (χ1n) is 9.20. The number of hydrogen-bond donors (Lipinski definition) is 0. The first kappa shape index (κ1) is 18.4. The molecule has 1 amide bonds. The summed E-state index contributed by atoms with van der Waals surface area (Å²) in [6.45, 7) is 7.29. The van der Waals surface area contributed by atoms with Crippen molar-refractivity contribution in [1.82, 2.24) is 4.90 Å². The van der Waals surface area contributed by atoms with Gasteiger partial charge in [-0.15, -0.1) is 0 Å². The first-order valence-corrected chi connectivity index (χ1v) is 9.20. The van der Waals surface area contributed by atoms with Crippen LogP contribution in [0.1, 0.15) is 49.5 Å². The molecule has 0 radical (unpaired) electrons. The van der Waals surface area contributed by atoms with Crippen molar-refractivity contribution in [2.24, 2.45) is 0 Å². The smallest absolute Gasteiger partial charge is 0.253 e. The molecule has 26 heavy (non-hydrogen) atoms. The Bertz CT molecular complexity index is 765. The Morgan fingerprint density at radius 2 is 1.77 bits per heavy atom. The first-order chi connectivity index (χ1) is 12.4. The summed E-state index contributed by atoms with van der Waals surface area (Å²) in [5, 5.41) is 0. The molecule has 1 aliphatic rings. The Labute approximate surface area is 154 Å². The molecule has 1 fully saturated rings. The van der Waals surface area contributed by atoms with E-state index in [-0.39, 0.29) is 23.2 Å². The number of carbonyl (C=O) groups is 1. The fourth-order valence-corrected chi connectivity index (χ4v) is 3.50. The summed E-state index contributed by atoms with van der Waals surface area (Å²) in [5.41, 5.74) is 1.77. The molecular weight excluding hydrogens is 329 g/mol. The second-order valence-electron chi connectivity index (χ2n) is 7.53. The second-order valence-corrected chi connectivity index (χ2v) is 7.53. The molecule has 1 heterocycles. The molecule has 2 aromatic rings. The van der Waals surface area contributed by atoms with Crippen LogP contribution >= 0.6 is 0 Å². The molecular formula is C22H26FNO2. The molecule has 3 nitrogen and oxygen atoms in total. The van der Waals surface area contributed by atoms with Gasteiger partial charge in [-0.3, -0.25) is 4.79 Å². The molecule has 0 saturated carbocycles. The predicted octanol–water partition coefficient (Wildman–Crippen LogP) is 4.81. The van der Waals surface area contributed by atoms with E-state index >= 15 is 0 Å². The Morgan fingerprint density at radius 3 is 2.35 bits per heavy atom. The van der Waals surface area contributed by atoms with Gasteiger partial charge in [0.25, 0.3) is 5.91 Å². The summed E-state index contributed by atoms with van der Waals surface area (Å²) in [7, 11) is 0. The third-order valence-corrected chi connectivity index (χ3v) is 5.17. The number of ether oxygens (including phenoxy) is 1. The number of likely N-dealkylation sites (tertiary alicyclic amines) is 1. The van der Waals surface area contributed by atoms with Crippen LogP contribution in [0.3, 0.4) is 0 Å². The highest BCUT2D eigenvalue weighted by molar-refractivity contribution is 5.94. The summed E-state index contributed by atoms with van der Waals surface area (Å²) in [4.78, 5) is 14.6. The van der Waals surface area contributed by atoms with Gasteiger partial charge in [0.15, 0.2) is 11.6 Å². The Kier molecular flexibility index (Phi) is 5.30. The number of benzene rings is 2. The largest absolute Gasteiger partial charge is 0.488 e. The molecule has 1 aliphatic heterocycles. The fourth-order valence-electron chi connectivity index (χ4n) is 3.50. The van der Waals surface area contributed by atoms with Gasteiger partial charge in [0.1, 0.15) is 0 Å². The van der Waals surface area contributed by atoms with Crippen LogP contribution in [-0.4, -0.2) is 30.0 Å². The Morgan fingerprint density at radius 1 is 1.12 bits per heavy atom. The maximum Gasteiger partial charge on any atom is 0.253 e. The van der Waals surface area contributed by atoms with Crippen molar-refractivity contribution in [1.29, 1.82) is 0 Å². The van der Waals surface area contributed by atoms with Crippen molar-refractivity contribution < 1.29 is 13.9 Å². The predicted molar refractivity (Wildman–Crippen MR) is 101 cm³/mol. The van der Waals surface area contributed by atoms with Crippen LogP contribution in [0.15, 0.2) is 48.5 Å². The second kappa shape index (κ2) is 7.48. The van der Waals surface area contributed by atoms with E-state index in [9.17, 15) is 9.18 Å². The molecule has 138 valence electrons. The molecule has 2 aromatic carbocycles. The lowest BCUT2D eigenvalue weighted by atomic mass is 9.74. The van der Waals surface area contributed by atoms with Crippen LogP contribution in [-0.2, 0) is 5.41 Å². The molecule has 0 N–H and O–H groups in total. The number of hydrogen-bond acceptors (Lipinski definition) is 2. The lowest BCUT2D eigenvalue weighted by Crippen LogP contribution is -2.43. The Balaban J connectivity index is 1.68. The maximum absolute atomic E-state index is 14.2. The minimum atomic E-state index is -0.490. The zero-order valence-electron chi connectivity index (χ0n) is 15.7. The molecule has 0 unspecified atom stereocenters. The third kappa shape index (κ3) is 3.90. The van der Waals surface area contributed by atoms with E-state index in [4.69, 9.17) is 4.74 Å². The van der Waals surface area contributed by atoms with Gasteiger partial charge in [-0.1, -0.05) is 37.3 Å². The van der Waals surface area contributed by atoms with Gasteiger partial charge in [0.05, 0.1) is 6.10 Å². The van der Waals surface area contributed by atoms with Gasteiger partial charge >= 0.3 is 0 Å². The zero-order valence-corrected chi connectivity index (χ0v) is 15.7. The van der Waals surface area contributed by atoms with E-state index in [0.29, 0.717) is 18.7 Å². The molecule has 0 atom stereocenters. The van der Waals surface area contributed by atoms with E-state index in [1.807, 2.05) is 24.8 Å². The minimum Gasteiger partial charge on any atom is -0.488 e. The van der Waals surface area contributed by atoms with Gasteiger partial charge in [0.2, 0.25) is 0 Å². The number of halogens is 1. The Hall–Kier alpha value is -2.36. The summed E-state index contributed by atoms with van der Waals surface area (Å²) >= 11 is 0. The van der Waals surface area contributed by atoms with Gasteiger partial charge in [-0.05, 0) is 55.9 Å². The van der Waals surface area contributed by atoms with Crippen LogP contribution in [0.5, 0.6) is 5.75 Å². The molecule has 0 aromatic heterocycles. The van der Waals surface area contributed by atoms with Gasteiger partial charge in [-0.2, -0.15) is 0 Å². The summed E-state index contributed by atoms with van der Waals surface area (Å²) < 4.78 is 19.6. The quantitative estimate of drug-likeness (QED) is 0.788. The average molecular weight is 355 g/mol. The van der Waals surface area contributed by atoms with Crippen LogP contribution < -0.4 is 4.74 Å². The number of amides is 1. The third-order valence-electron chi connectivity index (χ3n) is 5.17. The molecule has 4 heteroatoms. The molecule has 3 rings (SSSR count). The van der Waals surface area contributed by atoms with Crippen molar-refractivity contribution in [3.8, 4) is 5.75 Å². The number of carbonyl (C=O) groups excluding carboxylic acids is 1. The van der Waals surface area contributed by atoms with Crippen molar-refractivity contribution >= 4 is 5.91 Å². The van der Waals surface area contributed by atoms with Crippen LogP contribution in [0.25, 0.3) is 0 Å². The number of nitrogens with zero attached hydrogens (tertiary/aromatic N) is 1. The monoisotopic (exact) mass is 355 g/mol. The van der Waals surface area contributed by atoms with Gasteiger partial charge in [0, 0.05) is 18.7 Å². The van der Waals surface area contributed by atoms with E-state index in [1.165, 1.54) is 11.6 Å². The lowest BCUT2D eigenvalue weighted by molar-refractivity contribution is 0.0675. The maximum atomic E-state index is 14.2. The minimum absolute atomic E-state index is 0.0816. The fraction of sp³-hybridized carbons (Fsp3) is 0.409. The summed E-state index contributed by atoms with van der Waals surface area (Å²) in [6.07, 6.45) is 1.70. The average Bonchev–Trinajstić information content (AvgIpc) is 2.64. The van der Waals surface area contributed by atoms with E-state index < -0.39 is 5.82 Å². The number of piperidine rings is 1. The summed E-state index contributed by atoms with van der Waals surface area (Å²) in [6, 6.07) is 14.9. The van der Waals surface area contributed by atoms with Crippen molar-refractivity contribution in [3.05, 3.63) is 65.5 Å². The highest BCUT2D eigenvalue weighted by Gasteiger charge is 2.33. The highest BCUT2D eigenvalue weighted by Crippen LogP contribution is 2.35. The van der Waals surface area contributed by atoms with Gasteiger partial charge < -0.3 is 9.64 Å². The van der Waals surface area contributed by atoms with Crippen molar-refractivity contribution in [2.45, 2.75) is 45.1 Å². The normalized spacial score (nSPS) is 16.6. The van der Waals surface area contributed by atoms with Crippen molar-refractivity contribution in [3.63, 3.8) is 0 Å². The van der Waals surface area contributed by atoms with E-state index in [1.54, 1.807) is 12.1 Å². The standard InChI is InChI=1S/C22H26FNO2/c1-16(2)26-20-10-9-17(15-19(20)23)21(25)24-13-11-22(3,12-14-24)18-7-5-4-6-8-18/h4-10,15-16H,11-14H2,1-3H3. The highest BCUT2D eigenvalue weighted by atomic mass is 19.1. The molecule has 1 saturated heterocycles. The zero-order chi connectivity index (χ0) is 18.7. The van der Waals surface area contributed by atoms with Gasteiger partial charge in [-0.25, -0.2) is 4.39 Å². The number of rotatable bonds is 4. The van der Waals surface area contributed by atoms with E-state index in [2.05, 4.69) is 31.2 Å². The molecule has 0 spiro atoms. The van der Waals surface area contributed by atoms with Crippen LogP contribution in [0.2, 0.25) is 0 Å². The van der Waals surface area contributed by atoms with Crippen molar-refractivity contribution in [2.75, 3.05) is 13.1 Å². The SMILES string of the molecule is CC(C)Oc1ccc(C(=O)N2CCC(C)(c3ccccc3)CC2)cc1F. The van der Waals surface area contributed by atoms with Crippen LogP contribution in [0, 0.1) is 5.82 Å². The lowest BCUT2D eigenvalue weighted by Gasteiger charge is -2.40.